The number of likely N-dealkylation sites (N-methyl/N-ethyl adjacent to an activating group) is 1. The largest absolute Gasteiger partial charge is 0.337 e. The van der Waals surface area contributed by atoms with Gasteiger partial charge in [-0.25, -0.2) is 4.68 Å². The highest BCUT2D eigenvalue weighted by molar-refractivity contribution is 6.30. The summed E-state index contributed by atoms with van der Waals surface area (Å²) < 4.78 is 1.75. The third kappa shape index (κ3) is 2.74. The maximum absolute atomic E-state index is 12.7. The Labute approximate surface area is 134 Å². The van der Waals surface area contributed by atoms with E-state index in [-0.39, 0.29) is 11.9 Å². The Morgan fingerprint density at radius 1 is 1.50 bits per heavy atom. The minimum atomic E-state index is 0.0134. The number of carbonyl (C=O) groups excluding carboxylic acids is 1. The van der Waals surface area contributed by atoms with Crippen molar-refractivity contribution in [3.63, 3.8) is 0 Å². The average molecular weight is 319 g/mol. The van der Waals surface area contributed by atoms with Gasteiger partial charge in [-0.05, 0) is 38.1 Å². The maximum Gasteiger partial charge on any atom is 0.257 e. The Morgan fingerprint density at radius 2 is 2.32 bits per heavy atom. The molecule has 0 spiro atoms. The number of nitrogens with one attached hydrogen (secondary N) is 1. The van der Waals surface area contributed by atoms with Crippen molar-refractivity contribution < 1.29 is 4.79 Å². The molecule has 1 atom stereocenters. The third-order valence-corrected chi connectivity index (χ3v) is 4.43. The number of aromatic nitrogens is 2. The van der Waals surface area contributed by atoms with Crippen LogP contribution in [-0.4, -0.2) is 46.8 Å². The predicted molar refractivity (Wildman–Crippen MR) is 86.7 cm³/mol. The lowest BCUT2D eigenvalue weighted by atomic mass is 10.1. The molecule has 1 unspecified atom stereocenters. The summed E-state index contributed by atoms with van der Waals surface area (Å²) >= 11 is 6.03. The fraction of sp³-hybridized carbons (Fsp3) is 0.375. The van der Waals surface area contributed by atoms with Crippen LogP contribution in [0.3, 0.4) is 0 Å². The van der Waals surface area contributed by atoms with Crippen LogP contribution in [0.2, 0.25) is 5.02 Å². The van der Waals surface area contributed by atoms with Gasteiger partial charge in [0, 0.05) is 24.7 Å². The van der Waals surface area contributed by atoms with E-state index in [4.69, 9.17) is 11.6 Å². The first-order chi connectivity index (χ1) is 10.6. The summed E-state index contributed by atoms with van der Waals surface area (Å²) in [5.41, 5.74) is 2.31. The van der Waals surface area contributed by atoms with Gasteiger partial charge in [-0.15, -0.1) is 0 Å². The number of rotatable bonds is 3. The molecule has 0 aliphatic carbocycles. The molecule has 22 heavy (non-hydrogen) atoms. The van der Waals surface area contributed by atoms with E-state index in [0.717, 1.165) is 30.9 Å². The number of hydrogen-bond acceptors (Lipinski definition) is 3. The molecule has 1 amide bonds. The third-order valence-electron chi connectivity index (χ3n) is 4.20. The first-order valence-corrected chi connectivity index (χ1v) is 7.74. The van der Waals surface area contributed by atoms with E-state index >= 15 is 0 Å². The van der Waals surface area contributed by atoms with E-state index in [0.29, 0.717) is 10.6 Å². The SMILES string of the molecule is Cc1c(C(=O)N(C)C2CCNC2)cnn1-c1cccc(Cl)c1. The second-order valence-electron chi connectivity index (χ2n) is 5.60. The van der Waals surface area contributed by atoms with E-state index < -0.39 is 0 Å². The molecule has 2 aromatic rings. The minimum Gasteiger partial charge on any atom is -0.337 e. The Morgan fingerprint density at radius 3 is 3.00 bits per heavy atom. The fourth-order valence-electron chi connectivity index (χ4n) is 2.81. The second-order valence-corrected chi connectivity index (χ2v) is 6.03. The van der Waals surface area contributed by atoms with Gasteiger partial charge in [-0.2, -0.15) is 5.10 Å². The van der Waals surface area contributed by atoms with Crippen molar-refractivity contribution >= 4 is 17.5 Å². The van der Waals surface area contributed by atoms with E-state index in [9.17, 15) is 4.79 Å². The molecule has 3 rings (SSSR count). The fourth-order valence-corrected chi connectivity index (χ4v) is 3.00. The predicted octanol–water partition coefficient (Wildman–Crippen LogP) is 2.27. The molecule has 1 aromatic carbocycles. The highest BCUT2D eigenvalue weighted by Gasteiger charge is 2.26. The molecular formula is C16H19ClN4O. The quantitative estimate of drug-likeness (QED) is 0.944. The molecule has 0 saturated carbocycles. The van der Waals surface area contributed by atoms with E-state index in [1.54, 1.807) is 10.9 Å². The average Bonchev–Trinajstić information content (AvgIpc) is 3.15. The Bertz CT molecular complexity index is 691. The smallest absolute Gasteiger partial charge is 0.257 e. The van der Waals surface area contributed by atoms with Crippen molar-refractivity contribution in [3.05, 3.63) is 46.7 Å². The van der Waals surface area contributed by atoms with Crippen LogP contribution < -0.4 is 5.32 Å². The van der Waals surface area contributed by atoms with Crippen LogP contribution >= 0.6 is 11.6 Å². The van der Waals surface area contributed by atoms with Crippen molar-refractivity contribution in [3.8, 4) is 5.69 Å². The molecule has 1 aromatic heterocycles. The first-order valence-electron chi connectivity index (χ1n) is 7.36. The van der Waals surface area contributed by atoms with Gasteiger partial charge in [-0.3, -0.25) is 4.79 Å². The first kappa shape index (κ1) is 15.1. The normalized spacial score (nSPS) is 17.7. The maximum atomic E-state index is 12.7. The highest BCUT2D eigenvalue weighted by Crippen LogP contribution is 2.20. The number of benzene rings is 1. The lowest BCUT2D eigenvalue weighted by Gasteiger charge is -2.23. The summed E-state index contributed by atoms with van der Waals surface area (Å²) in [5.74, 6) is 0.0134. The molecule has 1 saturated heterocycles. The Kier molecular flexibility index (Phi) is 4.18. The molecule has 1 aliphatic rings. The molecule has 1 aliphatic heterocycles. The number of carbonyl (C=O) groups is 1. The van der Waals surface area contributed by atoms with Crippen LogP contribution in [0, 0.1) is 6.92 Å². The van der Waals surface area contributed by atoms with Gasteiger partial charge in [0.25, 0.3) is 5.91 Å². The van der Waals surface area contributed by atoms with Crippen molar-refractivity contribution in [1.82, 2.24) is 20.0 Å². The zero-order valence-corrected chi connectivity index (χ0v) is 13.5. The van der Waals surface area contributed by atoms with Crippen LogP contribution in [0.5, 0.6) is 0 Å². The molecule has 5 nitrogen and oxygen atoms in total. The lowest BCUT2D eigenvalue weighted by molar-refractivity contribution is 0.0743. The number of amides is 1. The van der Waals surface area contributed by atoms with Crippen LogP contribution in [0.4, 0.5) is 0 Å². The van der Waals surface area contributed by atoms with Crippen LogP contribution in [0.1, 0.15) is 22.5 Å². The molecule has 6 heteroatoms. The van der Waals surface area contributed by atoms with Crippen molar-refractivity contribution in [2.45, 2.75) is 19.4 Å². The van der Waals surface area contributed by atoms with E-state index in [1.165, 1.54) is 0 Å². The van der Waals surface area contributed by atoms with Crippen molar-refractivity contribution in [1.29, 1.82) is 0 Å². The summed E-state index contributed by atoms with van der Waals surface area (Å²) in [6, 6.07) is 7.69. The second kappa shape index (κ2) is 6.10. The van der Waals surface area contributed by atoms with Gasteiger partial charge >= 0.3 is 0 Å². The van der Waals surface area contributed by atoms with Gasteiger partial charge in [-0.1, -0.05) is 17.7 Å². The van der Waals surface area contributed by atoms with Gasteiger partial charge < -0.3 is 10.2 Å². The molecule has 0 bridgehead atoms. The molecule has 0 radical (unpaired) electrons. The zero-order valence-electron chi connectivity index (χ0n) is 12.7. The van der Waals surface area contributed by atoms with Gasteiger partial charge in [0.15, 0.2) is 0 Å². The summed E-state index contributed by atoms with van der Waals surface area (Å²) in [4.78, 5) is 14.5. The van der Waals surface area contributed by atoms with Crippen LogP contribution in [0.15, 0.2) is 30.5 Å². The Hall–Kier alpha value is -1.85. The molecule has 1 N–H and O–H groups in total. The molecule has 116 valence electrons. The molecule has 1 fully saturated rings. The van der Waals surface area contributed by atoms with Gasteiger partial charge in [0.1, 0.15) is 0 Å². The highest BCUT2D eigenvalue weighted by atomic mass is 35.5. The summed E-state index contributed by atoms with van der Waals surface area (Å²) in [7, 11) is 1.86. The van der Waals surface area contributed by atoms with Gasteiger partial charge in [0.05, 0.1) is 23.1 Å². The van der Waals surface area contributed by atoms with Gasteiger partial charge in [0.2, 0.25) is 0 Å². The summed E-state index contributed by atoms with van der Waals surface area (Å²) in [6.07, 6.45) is 2.63. The summed E-state index contributed by atoms with van der Waals surface area (Å²) in [5, 5.41) is 8.28. The van der Waals surface area contributed by atoms with Crippen molar-refractivity contribution in [2.75, 3.05) is 20.1 Å². The van der Waals surface area contributed by atoms with Crippen molar-refractivity contribution in [2.24, 2.45) is 0 Å². The van der Waals surface area contributed by atoms with Crippen LogP contribution in [-0.2, 0) is 0 Å². The van der Waals surface area contributed by atoms with E-state index in [1.807, 2.05) is 43.1 Å². The summed E-state index contributed by atoms with van der Waals surface area (Å²) in [6.45, 7) is 3.72. The number of hydrogen-bond donors (Lipinski definition) is 1. The minimum absolute atomic E-state index is 0.0134. The van der Waals surface area contributed by atoms with Crippen LogP contribution in [0.25, 0.3) is 5.69 Å². The molecule has 2 heterocycles. The number of nitrogens with zero attached hydrogens (tertiary/aromatic N) is 3. The van der Waals surface area contributed by atoms with E-state index in [2.05, 4.69) is 10.4 Å². The topological polar surface area (TPSA) is 50.2 Å². The molecular weight excluding hydrogens is 300 g/mol. The monoisotopic (exact) mass is 318 g/mol. The standard InChI is InChI=1S/C16H19ClN4O/c1-11-15(16(22)20(2)14-6-7-18-9-14)10-19-21(11)13-5-3-4-12(17)8-13/h3-5,8,10,14,18H,6-7,9H2,1-2H3. The lowest BCUT2D eigenvalue weighted by Crippen LogP contribution is -2.38. The Balaban J connectivity index is 1.88. The zero-order chi connectivity index (χ0) is 15.7. The number of halogens is 1.